The zero-order valence-corrected chi connectivity index (χ0v) is 34.9. The molecule has 322 valence electrons. The number of sulfonamides is 1. The molecule has 2 heterocycles. The van der Waals surface area contributed by atoms with Gasteiger partial charge in [-0.15, -0.1) is 0 Å². The Morgan fingerprint density at radius 1 is 0.667 bits per heavy atom. The van der Waals surface area contributed by atoms with Crippen molar-refractivity contribution in [3.8, 4) is 0 Å². The third-order valence-electron chi connectivity index (χ3n) is 10.0. The molecule has 2 aliphatic heterocycles. The topological polar surface area (TPSA) is 163 Å². The quantitative estimate of drug-likeness (QED) is 0.120. The summed E-state index contributed by atoms with van der Waals surface area (Å²) in [6, 6.07) is 34.1. The van der Waals surface area contributed by atoms with Crippen LogP contribution in [-0.4, -0.2) is 95.9 Å². The monoisotopic (exact) mass is 847 g/mol. The van der Waals surface area contributed by atoms with Gasteiger partial charge in [-0.2, -0.15) is 0 Å². The van der Waals surface area contributed by atoms with E-state index in [1.807, 2.05) is 97.9 Å². The van der Waals surface area contributed by atoms with Crippen molar-refractivity contribution in [2.24, 2.45) is 0 Å². The lowest BCUT2D eigenvalue weighted by Gasteiger charge is -2.48. The summed E-state index contributed by atoms with van der Waals surface area (Å²) in [5, 5.41) is 0. The van der Waals surface area contributed by atoms with Crippen LogP contribution in [0.25, 0.3) is 0 Å². The maximum Gasteiger partial charge on any atom is 0.303 e. The average molecular weight is 848 g/mol. The fourth-order valence-electron chi connectivity index (χ4n) is 7.11. The number of aryl methyl sites for hydroxylation is 1. The number of hydrogen-bond donors (Lipinski definition) is 1. The van der Waals surface area contributed by atoms with Gasteiger partial charge in [0.25, 0.3) is 0 Å². The lowest BCUT2D eigenvalue weighted by atomic mass is 9.96. The Hall–Kier alpha value is -4.55. The Kier molecular flexibility index (Phi) is 16.4. The van der Waals surface area contributed by atoms with E-state index in [1.165, 1.54) is 33.1 Å². The molecule has 0 amide bonds. The Balaban J connectivity index is 1.35. The van der Waals surface area contributed by atoms with E-state index in [4.69, 9.17) is 42.6 Å². The molecule has 0 aliphatic carbocycles. The second kappa shape index (κ2) is 21.8. The second-order valence-corrected chi connectivity index (χ2v) is 16.4. The van der Waals surface area contributed by atoms with E-state index < -0.39 is 77.2 Å². The van der Waals surface area contributed by atoms with Gasteiger partial charge in [-0.25, -0.2) is 13.1 Å². The number of esters is 2. The van der Waals surface area contributed by atoms with Crippen LogP contribution in [0.15, 0.2) is 120 Å². The standard InChI is InChI=1S/C45H53NO13S/c1-30-20-22-36(23-21-30)60(49,50)46-37-24-40(57-39(29-53-31(2)47)41(37)56-32(3)48)59-42-38(28-52-25-33-14-8-5-9-15-33)58-45(51-4)44(55-27-35-18-12-7-13-19-35)43(42)54-26-34-16-10-6-11-17-34/h5-23,37-46H,24-29H2,1-4H3/t37-,38+,39+,40+,41-,42+,43-,44+,45-/m0/s1. The fraction of sp³-hybridized carbons (Fsp3) is 0.422. The van der Waals surface area contributed by atoms with Crippen LogP contribution < -0.4 is 4.72 Å². The van der Waals surface area contributed by atoms with E-state index in [0.29, 0.717) is 0 Å². The highest BCUT2D eigenvalue weighted by Gasteiger charge is 2.52. The van der Waals surface area contributed by atoms with Crippen molar-refractivity contribution >= 4 is 22.0 Å². The number of carbonyl (C=O) groups is 2. The Morgan fingerprint density at radius 2 is 1.22 bits per heavy atom. The first-order chi connectivity index (χ1) is 29.0. The molecular weight excluding hydrogens is 795 g/mol. The zero-order chi connectivity index (χ0) is 42.5. The number of hydrogen-bond acceptors (Lipinski definition) is 13. The highest BCUT2D eigenvalue weighted by atomic mass is 32.2. The molecule has 1 N–H and O–H groups in total. The summed E-state index contributed by atoms with van der Waals surface area (Å²) >= 11 is 0. The maximum atomic E-state index is 13.9. The average Bonchev–Trinajstić information content (AvgIpc) is 3.24. The van der Waals surface area contributed by atoms with Crippen LogP contribution in [0, 0.1) is 6.92 Å². The van der Waals surface area contributed by atoms with Crippen molar-refractivity contribution in [3.05, 3.63) is 138 Å². The summed E-state index contributed by atoms with van der Waals surface area (Å²) in [5.41, 5.74) is 3.61. The predicted molar refractivity (Wildman–Crippen MR) is 217 cm³/mol. The van der Waals surface area contributed by atoms with Crippen molar-refractivity contribution in [1.29, 1.82) is 0 Å². The van der Waals surface area contributed by atoms with E-state index in [9.17, 15) is 18.0 Å². The first-order valence-electron chi connectivity index (χ1n) is 19.8. The van der Waals surface area contributed by atoms with Gasteiger partial charge in [-0.1, -0.05) is 109 Å². The first-order valence-corrected chi connectivity index (χ1v) is 21.3. The van der Waals surface area contributed by atoms with Gasteiger partial charge in [0.1, 0.15) is 43.2 Å². The first kappa shape index (κ1) is 45.0. The molecule has 2 fully saturated rings. The summed E-state index contributed by atoms with van der Waals surface area (Å²) in [4.78, 5) is 24.6. The molecule has 2 saturated heterocycles. The van der Waals surface area contributed by atoms with E-state index in [2.05, 4.69) is 4.72 Å². The molecule has 0 saturated carbocycles. The van der Waals surface area contributed by atoms with Gasteiger partial charge in [0.05, 0.1) is 37.4 Å². The van der Waals surface area contributed by atoms with Gasteiger partial charge in [0.15, 0.2) is 12.6 Å². The molecule has 0 bridgehead atoms. The summed E-state index contributed by atoms with van der Waals surface area (Å²) in [7, 11) is -2.66. The van der Waals surface area contributed by atoms with Crippen LogP contribution in [-0.2, 0) is 82.1 Å². The van der Waals surface area contributed by atoms with Gasteiger partial charge < -0.3 is 42.6 Å². The lowest BCUT2D eigenvalue weighted by Crippen LogP contribution is -2.64. The molecule has 0 unspecified atom stereocenters. The SMILES string of the molecule is CO[C@H]1O[C@H](COCc2ccccc2)[C@@H](O[C@@H]2C[C@H](NS(=O)(=O)c3ccc(C)cc3)[C@H](OC(C)=O)[C@@H](COC(C)=O)O2)[C@H](OCc2ccccc2)[C@H]1OCc1ccccc1. The molecule has 2 aliphatic rings. The van der Waals surface area contributed by atoms with Gasteiger partial charge in [-0.05, 0) is 35.7 Å². The van der Waals surface area contributed by atoms with E-state index in [1.54, 1.807) is 12.1 Å². The molecule has 0 radical (unpaired) electrons. The number of ether oxygens (including phenoxy) is 9. The van der Waals surface area contributed by atoms with Crippen molar-refractivity contribution in [3.63, 3.8) is 0 Å². The maximum absolute atomic E-state index is 13.9. The molecule has 9 atom stereocenters. The summed E-state index contributed by atoms with van der Waals surface area (Å²) in [6.45, 7) is 4.56. The minimum Gasteiger partial charge on any atom is -0.463 e. The highest BCUT2D eigenvalue weighted by Crippen LogP contribution is 2.34. The van der Waals surface area contributed by atoms with E-state index in [-0.39, 0.29) is 44.4 Å². The van der Waals surface area contributed by atoms with Crippen LogP contribution in [0.5, 0.6) is 0 Å². The Bertz CT molecular complexity index is 2040. The number of nitrogens with one attached hydrogen (secondary N) is 1. The van der Waals surface area contributed by atoms with Gasteiger partial charge in [0.2, 0.25) is 10.0 Å². The molecule has 4 aromatic rings. The third-order valence-corrected chi connectivity index (χ3v) is 11.5. The minimum absolute atomic E-state index is 0.00451. The van der Waals surface area contributed by atoms with Crippen LogP contribution >= 0.6 is 0 Å². The van der Waals surface area contributed by atoms with E-state index in [0.717, 1.165) is 22.3 Å². The smallest absolute Gasteiger partial charge is 0.303 e. The molecule has 6 rings (SSSR count). The second-order valence-electron chi connectivity index (χ2n) is 14.7. The Labute approximate surface area is 351 Å². The highest BCUT2D eigenvalue weighted by molar-refractivity contribution is 7.89. The van der Waals surface area contributed by atoms with Crippen molar-refractivity contribution < 1.29 is 60.6 Å². The van der Waals surface area contributed by atoms with Crippen molar-refractivity contribution in [2.75, 3.05) is 20.3 Å². The molecule has 4 aromatic carbocycles. The summed E-state index contributed by atoms with van der Waals surface area (Å²) in [5.74, 6) is -1.31. The van der Waals surface area contributed by atoms with Crippen molar-refractivity contribution in [1.82, 2.24) is 4.72 Å². The molecule has 15 heteroatoms. The summed E-state index contributed by atoms with van der Waals surface area (Å²) < 4.78 is 86.8. The molecule has 14 nitrogen and oxygen atoms in total. The molecule has 60 heavy (non-hydrogen) atoms. The van der Waals surface area contributed by atoms with E-state index >= 15 is 0 Å². The van der Waals surface area contributed by atoms with Gasteiger partial charge >= 0.3 is 11.9 Å². The number of rotatable bonds is 19. The zero-order valence-electron chi connectivity index (χ0n) is 34.1. The normalized spacial score (nSPS) is 25.6. The lowest BCUT2D eigenvalue weighted by molar-refractivity contribution is -0.349. The Morgan fingerprint density at radius 3 is 1.77 bits per heavy atom. The minimum atomic E-state index is -4.18. The fourth-order valence-corrected chi connectivity index (χ4v) is 8.37. The third kappa shape index (κ3) is 12.7. The van der Waals surface area contributed by atoms with Crippen LogP contribution in [0.2, 0.25) is 0 Å². The number of carbonyl (C=O) groups excluding carboxylic acids is 2. The molecule has 0 spiro atoms. The number of methoxy groups -OCH3 is 1. The molecule has 0 aromatic heterocycles. The van der Waals surface area contributed by atoms with Crippen LogP contribution in [0.1, 0.15) is 42.5 Å². The largest absolute Gasteiger partial charge is 0.463 e. The van der Waals surface area contributed by atoms with Gasteiger partial charge in [0, 0.05) is 27.4 Å². The predicted octanol–water partition coefficient (Wildman–Crippen LogP) is 5.40. The number of benzene rings is 4. The van der Waals surface area contributed by atoms with Crippen LogP contribution in [0.4, 0.5) is 0 Å². The van der Waals surface area contributed by atoms with Crippen molar-refractivity contribution in [2.45, 2.75) is 107 Å². The molecular formula is C45H53NO13S. The summed E-state index contributed by atoms with van der Waals surface area (Å²) in [6.07, 6.45) is -8.14. The van der Waals surface area contributed by atoms with Crippen LogP contribution in [0.3, 0.4) is 0 Å². The van der Waals surface area contributed by atoms with Gasteiger partial charge in [-0.3, -0.25) is 9.59 Å².